The maximum absolute atomic E-state index is 12.6. The molecule has 0 unspecified atom stereocenters. The molecule has 0 bridgehead atoms. The Labute approximate surface area is 188 Å². The second-order valence-electron chi connectivity index (χ2n) is 7.32. The Hall–Kier alpha value is -4.06. The minimum absolute atomic E-state index is 0.118. The summed E-state index contributed by atoms with van der Waals surface area (Å²) in [5.74, 6) is -1.34. The van der Waals surface area contributed by atoms with E-state index in [2.05, 4.69) is 11.4 Å². The first kappa shape index (κ1) is 23.6. The van der Waals surface area contributed by atoms with Gasteiger partial charge < -0.3 is 14.6 Å². The molecule has 170 valence electrons. The number of hydrogen-bond donors (Lipinski definition) is 1. The molecule has 0 aliphatic carbocycles. The Balaban J connectivity index is 1.72. The molecule has 1 aromatic heterocycles. The van der Waals surface area contributed by atoms with Crippen LogP contribution in [-0.4, -0.2) is 23.1 Å². The van der Waals surface area contributed by atoms with Crippen molar-refractivity contribution in [2.45, 2.75) is 26.6 Å². The lowest BCUT2D eigenvalue weighted by molar-refractivity contribution is -0.137. The van der Waals surface area contributed by atoms with Gasteiger partial charge in [0, 0.05) is 12.2 Å². The van der Waals surface area contributed by atoms with Crippen LogP contribution in [0.25, 0.3) is 0 Å². The number of aromatic nitrogens is 1. The summed E-state index contributed by atoms with van der Waals surface area (Å²) in [5.41, 5.74) is 1.76. The zero-order valence-corrected chi connectivity index (χ0v) is 17.9. The van der Waals surface area contributed by atoms with Crippen LogP contribution in [0.2, 0.25) is 0 Å². The third-order valence-electron chi connectivity index (χ3n) is 5.16. The standard InChI is InChI=1S/C24H20F3N3O3/c1-15-16(2)30(13-17-6-4-3-5-7-17)22(20(15)12-28)29-21(31)14-33-23(32)18-8-10-19(11-9-18)24(25,26)27/h3-11H,13-14H2,1-2H3,(H,29,31). The van der Waals surface area contributed by atoms with E-state index in [0.29, 0.717) is 17.7 Å². The zero-order chi connectivity index (χ0) is 24.2. The van der Waals surface area contributed by atoms with Crippen molar-refractivity contribution >= 4 is 17.7 Å². The van der Waals surface area contributed by atoms with E-state index < -0.39 is 30.2 Å². The maximum Gasteiger partial charge on any atom is 0.416 e. The van der Waals surface area contributed by atoms with Crippen LogP contribution in [0, 0.1) is 25.2 Å². The van der Waals surface area contributed by atoms with Gasteiger partial charge in [-0.25, -0.2) is 4.79 Å². The van der Waals surface area contributed by atoms with Crippen LogP contribution in [0.3, 0.4) is 0 Å². The molecule has 6 nitrogen and oxygen atoms in total. The molecule has 33 heavy (non-hydrogen) atoms. The summed E-state index contributed by atoms with van der Waals surface area (Å²) >= 11 is 0. The van der Waals surface area contributed by atoms with Crippen LogP contribution < -0.4 is 5.32 Å². The molecule has 1 heterocycles. The van der Waals surface area contributed by atoms with Crippen LogP contribution in [0.5, 0.6) is 0 Å². The molecule has 0 aliphatic heterocycles. The Morgan fingerprint density at radius 2 is 1.70 bits per heavy atom. The smallest absolute Gasteiger partial charge is 0.416 e. The first-order valence-corrected chi connectivity index (χ1v) is 9.89. The van der Waals surface area contributed by atoms with Crippen molar-refractivity contribution in [3.8, 4) is 6.07 Å². The van der Waals surface area contributed by atoms with Gasteiger partial charge in [0.25, 0.3) is 5.91 Å². The number of rotatable bonds is 6. The van der Waals surface area contributed by atoms with Crippen LogP contribution in [0.1, 0.15) is 38.3 Å². The highest BCUT2D eigenvalue weighted by Crippen LogP contribution is 2.29. The Morgan fingerprint density at radius 1 is 1.06 bits per heavy atom. The lowest BCUT2D eigenvalue weighted by atomic mass is 10.1. The molecule has 0 atom stereocenters. The highest BCUT2D eigenvalue weighted by atomic mass is 19.4. The van der Waals surface area contributed by atoms with E-state index in [1.165, 1.54) is 0 Å². The van der Waals surface area contributed by atoms with Crippen molar-refractivity contribution in [3.05, 3.63) is 88.1 Å². The van der Waals surface area contributed by atoms with Crippen molar-refractivity contribution in [1.29, 1.82) is 5.26 Å². The number of ether oxygens (including phenoxy) is 1. The molecular weight excluding hydrogens is 435 g/mol. The number of halogens is 3. The van der Waals surface area contributed by atoms with E-state index in [1.807, 2.05) is 37.3 Å². The summed E-state index contributed by atoms with van der Waals surface area (Å²) in [4.78, 5) is 24.6. The summed E-state index contributed by atoms with van der Waals surface area (Å²) in [5, 5.41) is 12.2. The minimum atomic E-state index is -4.52. The SMILES string of the molecule is Cc1c(C#N)c(NC(=O)COC(=O)c2ccc(C(F)(F)F)cc2)n(Cc2ccccc2)c1C. The summed E-state index contributed by atoms with van der Waals surface area (Å²) in [6, 6.07) is 15.0. The molecule has 3 rings (SSSR count). The molecule has 1 amide bonds. The third-order valence-corrected chi connectivity index (χ3v) is 5.16. The predicted molar refractivity (Wildman–Crippen MR) is 115 cm³/mol. The number of amides is 1. The number of nitrogens with zero attached hydrogens (tertiary/aromatic N) is 2. The van der Waals surface area contributed by atoms with Crippen molar-refractivity contribution in [2.75, 3.05) is 11.9 Å². The molecule has 0 fully saturated rings. The number of nitriles is 1. The van der Waals surface area contributed by atoms with Gasteiger partial charge in [-0.2, -0.15) is 18.4 Å². The second-order valence-corrected chi connectivity index (χ2v) is 7.32. The quantitative estimate of drug-likeness (QED) is 0.539. The molecule has 3 aromatic rings. The molecular formula is C24H20F3N3O3. The fourth-order valence-corrected chi connectivity index (χ4v) is 3.27. The Morgan fingerprint density at radius 3 is 2.27 bits per heavy atom. The number of hydrogen-bond acceptors (Lipinski definition) is 4. The number of anilines is 1. The topological polar surface area (TPSA) is 84.1 Å². The maximum atomic E-state index is 12.6. The first-order chi connectivity index (χ1) is 15.6. The summed E-state index contributed by atoms with van der Waals surface area (Å²) in [7, 11) is 0. The molecule has 0 aliphatic rings. The molecule has 0 saturated carbocycles. The first-order valence-electron chi connectivity index (χ1n) is 9.89. The monoisotopic (exact) mass is 455 g/mol. The number of nitrogens with one attached hydrogen (secondary N) is 1. The summed E-state index contributed by atoms with van der Waals surface area (Å²) in [6.07, 6.45) is -4.52. The molecule has 9 heteroatoms. The van der Waals surface area contributed by atoms with Gasteiger partial charge >= 0.3 is 12.1 Å². The highest BCUT2D eigenvalue weighted by Gasteiger charge is 2.30. The van der Waals surface area contributed by atoms with Gasteiger partial charge in [-0.05, 0) is 49.2 Å². The van der Waals surface area contributed by atoms with Crippen LogP contribution in [-0.2, 0) is 22.3 Å². The normalized spacial score (nSPS) is 11.0. The van der Waals surface area contributed by atoms with Gasteiger partial charge in [-0.15, -0.1) is 0 Å². The van der Waals surface area contributed by atoms with E-state index in [9.17, 15) is 28.0 Å². The molecule has 2 aromatic carbocycles. The van der Waals surface area contributed by atoms with Gasteiger partial charge in [0.1, 0.15) is 11.9 Å². The van der Waals surface area contributed by atoms with Gasteiger partial charge in [0.15, 0.2) is 6.61 Å². The summed E-state index contributed by atoms with van der Waals surface area (Å²) < 4.78 is 44.7. The number of carbonyl (C=O) groups excluding carboxylic acids is 2. The van der Waals surface area contributed by atoms with Gasteiger partial charge in [0.2, 0.25) is 0 Å². The minimum Gasteiger partial charge on any atom is -0.452 e. The number of carbonyl (C=O) groups is 2. The fraction of sp³-hybridized carbons (Fsp3) is 0.208. The van der Waals surface area contributed by atoms with E-state index in [1.54, 1.807) is 11.5 Å². The summed E-state index contributed by atoms with van der Waals surface area (Å²) in [6.45, 7) is 3.35. The molecule has 0 radical (unpaired) electrons. The lowest BCUT2D eigenvalue weighted by Crippen LogP contribution is -2.23. The van der Waals surface area contributed by atoms with Gasteiger partial charge in [-0.3, -0.25) is 4.79 Å². The predicted octanol–water partition coefficient (Wildman–Crippen LogP) is 4.84. The van der Waals surface area contributed by atoms with Crippen molar-refractivity contribution in [1.82, 2.24) is 4.57 Å². The largest absolute Gasteiger partial charge is 0.452 e. The molecule has 0 saturated heterocycles. The van der Waals surface area contributed by atoms with Crippen LogP contribution in [0.15, 0.2) is 54.6 Å². The lowest BCUT2D eigenvalue weighted by Gasteiger charge is -2.13. The van der Waals surface area contributed by atoms with Crippen LogP contribution >= 0.6 is 0 Å². The number of alkyl halides is 3. The second kappa shape index (κ2) is 9.61. The fourth-order valence-electron chi connectivity index (χ4n) is 3.27. The van der Waals surface area contributed by atoms with Crippen LogP contribution in [0.4, 0.5) is 19.0 Å². The zero-order valence-electron chi connectivity index (χ0n) is 17.9. The average molecular weight is 455 g/mol. The number of benzene rings is 2. The molecule has 1 N–H and O–H groups in total. The van der Waals surface area contributed by atoms with E-state index in [-0.39, 0.29) is 11.4 Å². The van der Waals surface area contributed by atoms with Gasteiger partial charge in [-0.1, -0.05) is 30.3 Å². The van der Waals surface area contributed by atoms with E-state index in [0.717, 1.165) is 35.5 Å². The van der Waals surface area contributed by atoms with E-state index >= 15 is 0 Å². The van der Waals surface area contributed by atoms with Crippen molar-refractivity contribution in [3.63, 3.8) is 0 Å². The average Bonchev–Trinajstić information content (AvgIpc) is 3.01. The van der Waals surface area contributed by atoms with Crippen molar-refractivity contribution < 1.29 is 27.5 Å². The number of esters is 1. The third kappa shape index (κ3) is 5.41. The molecule has 0 spiro atoms. The van der Waals surface area contributed by atoms with Gasteiger partial charge in [0.05, 0.1) is 16.7 Å². The highest BCUT2D eigenvalue weighted by molar-refractivity contribution is 5.96. The Bertz CT molecular complexity index is 1210. The van der Waals surface area contributed by atoms with Crippen molar-refractivity contribution in [2.24, 2.45) is 0 Å². The Kier molecular flexibility index (Phi) is 6.87. The van der Waals surface area contributed by atoms with E-state index in [4.69, 9.17) is 4.74 Å².